The molecule has 3 rings (SSSR count). The van der Waals surface area contributed by atoms with Gasteiger partial charge in [0.15, 0.2) is 0 Å². The predicted molar refractivity (Wildman–Crippen MR) is 109 cm³/mol. The molecular formula is C19H23ClFN3O3S. The van der Waals surface area contributed by atoms with Gasteiger partial charge in [-0.3, -0.25) is 4.79 Å². The Kier molecular flexibility index (Phi) is 7.54. The van der Waals surface area contributed by atoms with Crippen molar-refractivity contribution in [3.63, 3.8) is 0 Å². The highest BCUT2D eigenvalue weighted by Gasteiger charge is 2.24. The maximum atomic E-state index is 12.9. The summed E-state index contributed by atoms with van der Waals surface area (Å²) in [4.78, 5) is 12.3. The minimum Gasteiger partial charge on any atom is -0.322 e. The molecule has 9 heteroatoms. The lowest BCUT2D eigenvalue weighted by Crippen LogP contribution is -2.46. The lowest BCUT2D eigenvalue weighted by atomic mass is 10.0. The summed E-state index contributed by atoms with van der Waals surface area (Å²) in [6, 6.07) is 11.3. The van der Waals surface area contributed by atoms with Gasteiger partial charge in [-0.2, -0.15) is 0 Å². The SMILES string of the molecule is CC1CC(NS(=O)(=O)c2ccc(NC(=O)c3ccc(F)cc3)cc2)CCN1.Cl. The second kappa shape index (κ2) is 9.47. The maximum absolute atomic E-state index is 12.9. The van der Waals surface area contributed by atoms with Crippen LogP contribution >= 0.6 is 12.4 Å². The maximum Gasteiger partial charge on any atom is 0.255 e. The van der Waals surface area contributed by atoms with E-state index in [0.717, 1.165) is 19.4 Å². The Hall–Kier alpha value is -2.00. The van der Waals surface area contributed by atoms with Crippen molar-refractivity contribution >= 4 is 34.0 Å². The molecule has 2 aromatic carbocycles. The van der Waals surface area contributed by atoms with Crippen molar-refractivity contribution in [2.24, 2.45) is 0 Å². The monoisotopic (exact) mass is 427 g/mol. The second-order valence-electron chi connectivity index (χ2n) is 6.68. The smallest absolute Gasteiger partial charge is 0.255 e. The Morgan fingerprint density at radius 2 is 1.75 bits per heavy atom. The van der Waals surface area contributed by atoms with Crippen molar-refractivity contribution in [3.05, 3.63) is 59.9 Å². The number of halogens is 2. The highest BCUT2D eigenvalue weighted by molar-refractivity contribution is 7.89. The van der Waals surface area contributed by atoms with Gasteiger partial charge in [-0.1, -0.05) is 0 Å². The van der Waals surface area contributed by atoms with Crippen molar-refractivity contribution in [2.45, 2.75) is 36.7 Å². The number of carbonyl (C=O) groups excluding carboxylic acids is 1. The van der Waals surface area contributed by atoms with E-state index in [-0.39, 0.29) is 29.4 Å². The fourth-order valence-electron chi connectivity index (χ4n) is 3.05. The number of rotatable bonds is 5. The number of amides is 1. The Balaban J connectivity index is 0.00000280. The standard InChI is InChI=1S/C19H22FN3O3S.ClH/c1-13-12-17(10-11-21-13)23-27(25,26)18-8-6-16(7-9-18)22-19(24)14-2-4-15(20)5-3-14;/h2-9,13,17,21,23H,10-12H2,1H3,(H,22,24);1H. The molecule has 1 saturated heterocycles. The normalized spacial score (nSPS) is 19.5. The molecule has 0 radical (unpaired) electrons. The second-order valence-corrected chi connectivity index (χ2v) is 8.40. The minimum atomic E-state index is -3.62. The van der Waals surface area contributed by atoms with Gasteiger partial charge in [-0.25, -0.2) is 17.5 Å². The molecule has 1 aliphatic heterocycles. The lowest BCUT2D eigenvalue weighted by molar-refractivity contribution is 0.102. The number of anilines is 1. The first-order chi connectivity index (χ1) is 12.8. The van der Waals surface area contributed by atoms with Gasteiger partial charge < -0.3 is 10.6 Å². The van der Waals surface area contributed by atoms with Gasteiger partial charge >= 0.3 is 0 Å². The van der Waals surface area contributed by atoms with E-state index in [1.54, 1.807) is 0 Å². The number of hydrogen-bond donors (Lipinski definition) is 3. The third-order valence-electron chi connectivity index (χ3n) is 4.47. The molecule has 3 N–H and O–H groups in total. The van der Waals surface area contributed by atoms with Crippen LogP contribution in [0, 0.1) is 5.82 Å². The summed E-state index contributed by atoms with van der Waals surface area (Å²) in [6.07, 6.45) is 1.49. The first-order valence-corrected chi connectivity index (χ1v) is 10.2. The third kappa shape index (κ3) is 5.75. The van der Waals surface area contributed by atoms with Crippen LogP contribution in [0.4, 0.5) is 10.1 Å². The molecule has 0 bridgehead atoms. The fraction of sp³-hybridized carbons (Fsp3) is 0.316. The van der Waals surface area contributed by atoms with Crippen molar-refractivity contribution in [3.8, 4) is 0 Å². The lowest BCUT2D eigenvalue weighted by Gasteiger charge is -2.28. The highest BCUT2D eigenvalue weighted by Crippen LogP contribution is 2.17. The van der Waals surface area contributed by atoms with Gasteiger partial charge in [0.05, 0.1) is 4.90 Å². The zero-order valence-electron chi connectivity index (χ0n) is 15.3. The van der Waals surface area contributed by atoms with E-state index >= 15 is 0 Å². The summed E-state index contributed by atoms with van der Waals surface area (Å²) in [7, 11) is -3.62. The molecular weight excluding hydrogens is 405 g/mol. The molecule has 152 valence electrons. The summed E-state index contributed by atoms with van der Waals surface area (Å²) in [5.41, 5.74) is 0.772. The van der Waals surface area contributed by atoms with E-state index in [1.165, 1.54) is 48.5 Å². The van der Waals surface area contributed by atoms with Crippen LogP contribution in [0.25, 0.3) is 0 Å². The fourth-order valence-corrected chi connectivity index (χ4v) is 4.33. The van der Waals surface area contributed by atoms with Crippen LogP contribution in [-0.4, -0.2) is 33.0 Å². The van der Waals surface area contributed by atoms with E-state index in [9.17, 15) is 17.6 Å². The van der Waals surface area contributed by atoms with E-state index in [1.807, 2.05) is 6.92 Å². The Labute approximate surface area is 170 Å². The van der Waals surface area contributed by atoms with Crippen LogP contribution in [0.3, 0.4) is 0 Å². The molecule has 2 atom stereocenters. The van der Waals surface area contributed by atoms with Crippen LogP contribution < -0.4 is 15.4 Å². The zero-order chi connectivity index (χ0) is 19.4. The van der Waals surface area contributed by atoms with Crippen LogP contribution in [0.2, 0.25) is 0 Å². The van der Waals surface area contributed by atoms with Crippen LogP contribution in [-0.2, 0) is 10.0 Å². The zero-order valence-corrected chi connectivity index (χ0v) is 16.9. The Morgan fingerprint density at radius 3 is 2.36 bits per heavy atom. The quantitative estimate of drug-likeness (QED) is 0.684. The largest absolute Gasteiger partial charge is 0.322 e. The van der Waals surface area contributed by atoms with Crippen molar-refractivity contribution in [1.82, 2.24) is 10.0 Å². The number of nitrogens with one attached hydrogen (secondary N) is 3. The summed E-state index contributed by atoms with van der Waals surface area (Å²) >= 11 is 0. The average Bonchev–Trinajstić information content (AvgIpc) is 2.62. The van der Waals surface area contributed by atoms with Gasteiger partial charge in [-0.15, -0.1) is 12.4 Å². The van der Waals surface area contributed by atoms with Crippen LogP contribution in [0.15, 0.2) is 53.4 Å². The number of piperidine rings is 1. The topological polar surface area (TPSA) is 87.3 Å². The van der Waals surface area contributed by atoms with Gasteiger partial charge in [0.1, 0.15) is 5.82 Å². The summed E-state index contributed by atoms with van der Waals surface area (Å²) in [6.45, 7) is 2.81. The first-order valence-electron chi connectivity index (χ1n) is 8.76. The molecule has 0 aliphatic carbocycles. The van der Waals surface area contributed by atoms with E-state index in [2.05, 4.69) is 15.4 Å². The Morgan fingerprint density at radius 1 is 1.11 bits per heavy atom. The summed E-state index contributed by atoms with van der Waals surface area (Å²) in [5, 5.41) is 5.94. The van der Waals surface area contributed by atoms with Crippen molar-refractivity contribution < 1.29 is 17.6 Å². The van der Waals surface area contributed by atoms with Gasteiger partial charge in [0.2, 0.25) is 10.0 Å². The molecule has 2 unspecified atom stereocenters. The highest BCUT2D eigenvalue weighted by atomic mass is 35.5. The number of benzene rings is 2. The average molecular weight is 428 g/mol. The van der Waals surface area contributed by atoms with Crippen LogP contribution in [0.5, 0.6) is 0 Å². The molecule has 1 aliphatic rings. The molecule has 1 fully saturated rings. The summed E-state index contributed by atoms with van der Waals surface area (Å²) in [5.74, 6) is -0.816. The van der Waals surface area contributed by atoms with Gasteiger partial charge in [0, 0.05) is 23.3 Å². The van der Waals surface area contributed by atoms with Crippen molar-refractivity contribution in [2.75, 3.05) is 11.9 Å². The van der Waals surface area contributed by atoms with E-state index in [0.29, 0.717) is 11.3 Å². The number of sulfonamides is 1. The Bertz CT molecular complexity index is 905. The third-order valence-corrected chi connectivity index (χ3v) is 6.01. The van der Waals surface area contributed by atoms with Crippen LogP contribution in [0.1, 0.15) is 30.1 Å². The molecule has 0 spiro atoms. The molecule has 6 nitrogen and oxygen atoms in total. The van der Waals surface area contributed by atoms with Gasteiger partial charge in [-0.05, 0) is 74.8 Å². The van der Waals surface area contributed by atoms with E-state index < -0.39 is 21.7 Å². The van der Waals surface area contributed by atoms with Gasteiger partial charge in [0.25, 0.3) is 5.91 Å². The molecule has 0 aromatic heterocycles. The first kappa shape index (κ1) is 22.3. The number of carbonyl (C=O) groups is 1. The minimum absolute atomic E-state index is 0. The molecule has 1 amide bonds. The molecule has 0 saturated carbocycles. The van der Waals surface area contributed by atoms with E-state index in [4.69, 9.17) is 0 Å². The van der Waals surface area contributed by atoms with Crippen molar-refractivity contribution in [1.29, 1.82) is 0 Å². The molecule has 1 heterocycles. The molecule has 28 heavy (non-hydrogen) atoms. The summed E-state index contributed by atoms with van der Waals surface area (Å²) < 4.78 is 40.7. The predicted octanol–water partition coefficient (Wildman–Crippen LogP) is 2.92. The molecule has 2 aromatic rings. The number of hydrogen-bond acceptors (Lipinski definition) is 4.